The van der Waals surface area contributed by atoms with Gasteiger partial charge in [0.15, 0.2) is 0 Å². The third kappa shape index (κ3) is 3.26. The van der Waals surface area contributed by atoms with E-state index in [2.05, 4.69) is 5.32 Å². The third-order valence-corrected chi connectivity index (χ3v) is 4.35. The van der Waals surface area contributed by atoms with Crippen LogP contribution in [0.25, 0.3) is 0 Å². The maximum absolute atomic E-state index is 12.4. The van der Waals surface area contributed by atoms with Crippen molar-refractivity contribution in [3.8, 4) is 0 Å². The molecule has 1 N–H and O–H groups in total. The van der Waals surface area contributed by atoms with Crippen LogP contribution in [0.15, 0.2) is 18.2 Å². The van der Waals surface area contributed by atoms with Crippen LogP contribution < -0.4 is 5.32 Å². The number of nitrogens with one attached hydrogen (secondary N) is 1. The van der Waals surface area contributed by atoms with Crippen LogP contribution in [0.1, 0.15) is 16.8 Å². The fourth-order valence-corrected chi connectivity index (χ4v) is 3.16. The van der Waals surface area contributed by atoms with Crippen molar-refractivity contribution in [2.24, 2.45) is 5.92 Å². The van der Waals surface area contributed by atoms with E-state index in [0.717, 1.165) is 26.1 Å². The summed E-state index contributed by atoms with van der Waals surface area (Å²) in [5.74, 6) is 0.447. The van der Waals surface area contributed by atoms with Crippen molar-refractivity contribution < 1.29 is 9.72 Å². The van der Waals surface area contributed by atoms with Gasteiger partial charge in [0.05, 0.1) is 10.5 Å². The van der Waals surface area contributed by atoms with Gasteiger partial charge in [0.1, 0.15) is 0 Å². The van der Waals surface area contributed by atoms with Gasteiger partial charge in [-0.05, 0) is 54.6 Å². The van der Waals surface area contributed by atoms with E-state index in [1.165, 1.54) is 12.1 Å². The molecule has 108 valence electrons. The first-order valence-corrected chi connectivity index (χ1v) is 7.48. The van der Waals surface area contributed by atoms with E-state index >= 15 is 0 Å². The molecular weight excluding hydrogens is 373 g/mol. The van der Waals surface area contributed by atoms with Gasteiger partial charge in [-0.25, -0.2) is 0 Å². The highest BCUT2D eigenvalue weighted by Gasteiger charge is 2.27. The predicted octanol–water partition coefficient (Wildman–Crippen LogP) is 1.88. The molecule has 1 fully saturated rings. The summed E-state index contributed by atoms with van der Waals surface area (Å²) in [6.45, 7) is 2.39. The standard InChI is InChI=1S/C13H16IN3O3/c1-15-7-9-4-5-16(8-9)13(18)11-3-2-10(17(19)20)6-12(11)14/h2-3,6,9,15H,4-5,7-8H2,1H3. The molecule has 1 aliphatic heterocycles. The summed E-state index contributed by atoms with van der Waals surface area (Å²) in [7, 11) is 1.91. The lowest BCUT2D eigenvalue weighted by atomic mass is 10.1. The molecule has 1 aromatic carbocycles. The van der Waals surface area contributed by atoms with Crippen molar-refractivity contribution in [1.82, 2.24) is 10.2 Å². The fourth-order valence-electron chi connectivity index (χ4n) is 2.43. The molecule has 1 amide bonds. The molecule has 1 unspecified atom stereocenters. The summed E-state index contributed by atoms with van der Waals surface area (Å²) in [5, 5.41) is 13.8. The van der Waals surface area contributed by atoms with Crippen LogP contribution in [-0.2, 0) is 0 Å². The van der Waals surface area contributed by atoms with E-state index in [9.17, 15) is 14.9 Å². The molecule has 1 heterocycles. The lowest BCUT2D eigenvalue weighted by Crippen LogP contribution is -2.30. The average molecular weight is 389 g/mol. The molecule has 0 bridgehead atoms. The van der Waals surface area contributed by atoms with Gasteiger partial charge < -0.3 is 10.2 Å². The Labute approximate surface area is 130 Å². The number of likely N-dealkylation sites (tertiary alicyclic amines) is 1. The molecule has 1 saturated heterocycles. The van der Waals surface area contributed by atoms with Crippen molar-refractivity contribution in [2.75, 3.05) is 26.7 Å². The number of non-ortho nitro benzene ring substituents is 1. The van der Waals surface area contributed by atoms with Crippen LogP contribution in [-0.4, -0.2) is 42.4 Å². The normalized spacial score (nSPS) is 18.3. The van der Waals surface area contributed by atoms with Gasteiger partial charge in [0.2, 0.25) is 0 Å². The summed E-state index contributed by atoms with van der Waals surface area (Å²) >= 11 is 1.98. The number of halogens is 1. The van der Waals surface area contributed by atoms with Gasteiger partial charge in [0, 0.05) is 28.8 Å². The zero-order valence-electron chi connectivity index (χ0n) is 11.1. The first-order chi connectivity index (χ1) is 9.52. The summed E-state index contributed by atoms with van der Waals surface area (Å²) in [5.41, 5.74) is 0.557. The number of benzene rings is 1. The Morgan fingerprint density at radius 2 is 2.35 bits per heavy atom. The highest BCUT2D eigenvalue weighted by atomic mass is 127. The number of nitro benzene ring substituents is 1. The average Bonchev–Trinajstić information content (AvgIpc) is 2.87. The Morgan fingerprint density at radius 3 is 2.95 bits per heavy atom. The minimum absolute atomic E-state index is 0.0143. The van der Waals surface area contributed by atoms with Crippen molar-refractivity contribution in [3.63, 3.8) is 0 Å². The van der Waals surface area contributed by atoms with Gasteiger partial charge in [0.25, 0.3) is 11.6 Å². The lowest BCUT2D eigenvalue weighted by Gasteiger charge is -2.17. The molecule has 0 radical (unpaired) electrons. The zero-order valence-corrected chi connectivity index (χ0v) is 13.3. The first kappa shape index (κ1) is 15.2. The molecule has 0 spiro atoms. The number of rotatable bonds is 4. The Bertz CT molecular complexity index is 536. The van der Waals surface area contributed by atoms with Crippen LogP contribution in [0, 0.1) is 19.6 Å². The van der Waals surface area contributed by atoms with E-state index in [1.54, 1.807) is 6.07 Å². The molecule has 7 heteroatoms. The maximum atomic E-state index is 12.4. The highest BCUT2D eigenvalue weighted by molar-refractivity contribution is 14.1. The zero-order chi connectivity index (χ0) is 14.7. The quantitative estimate of drug-likeness (QED) is 0.485. The number of carbonyl (C=O) groups is 1. The van der Waals surface area contributed by atoms with Gasteiger partial charge in [-0.1, -0.05) is 0 Å². The smallest absolute Gasteiger partial charge is 0.270 e. The third-order valence-electron chi connectivity index (χ3n) is 3.46. The molecule has 1 aliphatic rings. The van der Waals surface area contributed by atoms with Crippen molar-refractivity contribution >= 4 is 34.2 Å². The maximum Gasteiger partial charge on any atom is 0.270 e. The molecule has 1 atom stereocenters. The van der Waals surface area contributed by atoms with Crippen molar-refractivity contribution in [2.45, 2.75) is 6.42 Å². The van der Waals surface area contributed by atoms with E-state index in [0.29, 0.717) is 15.1 Å². The Hall–Kier alpha value is -1.22. The minimum Gasteiger partial charge on any atom is -0.338 e. The molecule has 0 aromatic heterocycles. The summed E-state index contributed by atoms with van der Waals surface area (Å²) in [6.07, 6.45) is 0.996. The number of hydrogen-bond donors (Lipinski definition) is 1. The van der Waals surface area contributed by atoms with Crippen LogP contribution in [0.4, 0.5) is 5.69 Å². The Kier molecular flexibility index (Phi) is 4.92. The van der Waals surface area contributed by atoms with Crippen LogP contribution in [0.5, 0.6) is 0 Å². The molecular formula is C13H16IN3O3. The number of hydrogen-bond acceptors (Lipinski definition) is 4. The molecule has 1 aromatic rings. The number of nitro groups is 1. The van der Waals surface area contributed by atoms with Crippen molar-refractivity contribution in [1.29, 1.82) is 0 Å². The van der Waals surface area contributed by atoms with Crippen LogP contribution in [0.3, 0.4) is 0 Å². The number of nitrogens with zero attached hydrogens (tertiary/aromatic N) is 2. The molecule has 0 aliphatic carbocycles. The van der Waals surface area contributed by atoms with Gasteiger partial charge in [-0.15, -0.1) is 0 Å². The van der Waals surface area contributed by atoms with E-state index < -0.39 is 4.92 Å². The van der Waals surface area contributed by atoms with E-state index in [1.807, 2.05) is 34.5 Å². The SMILES string of the molecule is CNCC1CCN(C(=O)c2ccc([N+](=O)[O-])cc2I)C1. The van der Waals surface area contributed by atoms with Crippen LogP contribution in [0.2, 0.25) is 0 Å². The van der Waals surface area contributed by atoms with Crippen LogP contribution >= 0.6 is 22.6 Å². The molecule has 2 rings (SSSR count). The monoisotopic (exact) mass is 389 g/mol. The first-order valence-electron chi connectivity index (χ1n) is 6.40. The van der Waals surface area contributed by atoms with E-state index in [-0.39, 0.29) is 11.6 Å². The largest absolute Gasteiger partial charge is 0.338 e. The Morgan fingerprint density at radius 1 is 1.60 bits per heavy atom. The predicted molar refractivity (Wildman–Crippen MR) is 83.8 cm³/mol. The Balaban J connectivity index is 2.12. The lowest BCUT2D eigenvalue weighted by molar-refractivity contribution is -0.384. The second kappa shape index (κ2) is 6.49. The van der Waals surface area contributed by atoms with Gasteiger partial charge in [-0.3, -0.25) is 14.9 Å². The number of amides is 1. The van der Waals surface area contributed by atoms with Gasteiger partial charge >= 0.3 is 0 Å². The number of carbonyl (C=O) groups excluding carboxylic acids is 1. The summed E-state index contributed by atoms with van der Waals surface area (Å²) < 4.78 is 0.624. The second-order valence-corrected chi connectivity index (χ2v) is 6.05. The fraction of sp³-hybridized carbons (Fsp3) is 0.462. The van der Waals surface area contributed by atoms with Gasteiger partial charge in [-0.2, -0.15) is 0 Å². The molecule has 0 saturated carbocycles. The minimum atomic E-state index is -0.449. The summed E-state index contributed by atoms with van der Waals surface area (Å²) in [6, 6.07) is 4.37. The van der Waals surface area contributed by atoms with E-state index in [4.69, 9.17) is 0 Å². The molecule has 20 heavy (non-hydrogen) atoms. The highest BCUT2D eigenvalue weighted by Crippen LogP contribution is 2.23. The second-order valence-electron chi connectivity index (χ2n) is 4.88. The topological polar surface area (TPSA) is 75.5 Å². The van der Waals surface area contributed by atoms with Crippen molar-refractivity contribution in [3.05, 3.63) is 37.4 Å². The summed E-state index contributed by atoms with van der Waals surface area (Å²) in [4.78, 5) is 24.5. The molecule has 6 nitrogen and oxygen atoms in total.